The first-order chi connectivity index (χ1) is 13.0. The van der Waals surface area contributed by atoms with Crippen LogP contribution in [0, 0.1) is 13.8 Å². The molecule has 1 aliphatic rings. The number of hydrogen-bond acceptors (Lipinski definition) is 3. The van der Waals surface area contributed by atoms with E-state index in [2.05, 4.69) is 10.3 Å². The first-order valence-electron chi connectivity index (χ1n) is 9.45. The van der Waals surface area contributed by atoms with Crippen LogP contribution in [0.4, 0.5) is 0 Å². The smallest absolute Gasteiger partial charge is 0.278 e. The molecular formula is C21H24N4O2. The van der Waals surface area contributed by atoms with Crippen LogP contribution in [0.3, 0.4) is 0 Å². The minimum atomic E-state index is -0.113. The lowest BCUT2D eigenvalue weighted by atomic mass is 10.1. The first-order valence-corrected chi connectivity index (χ1v) is 9.45. The Morgan fingerprint density at radius 3 is 2.74 bits per heavy atom. The summed E-state index contributed by atoms with van der Waals surface area (Å²) in [5, 5.41) is 2.94. The maximum absolute atomic E-state index is 13.0. The number of carbonyl (C=O) groups is 1. The molecule has 1 aromatic carbocycles. The van der Waals surface area contributed by atoms with Crippen molar-refractivity contribution in [1.82, 2.24) is 19.4 Å². The van der Waals surface area contributed by atoms with E-state index in [0.717, 1.165) is 36.3 Å². The summed E-state index contributed by atoms with van der Waals surface area (Å²) in [6.07, 6.45) is 2.91. The topological polar surface area (TPSA) is 68.9 Å². The van der Waals surface area contributed by atoms with Gasteiger partial charge in [-0.3, -0.25) is 14.2 Å². The van der Waals surface area contributed by atoms with Crippen LogP contribution in [-0.4, -0.2) is 20.0 Å². The molecule has 6 nitrogen and oxygen atoms in total. The Bertz CT molecular complexity index is 1060. The number of benzene rings is 1. The van der Waals surface area contributed by atoms with Crippen molar-refractivity contribution in [3.05, 3.63) is 63.3 Å². The van der Waals surface area contributed by atoms with Crippen molar-refractivity contribution >= 4 is 16.9 Å². The number of aromatic nitrogens is 3. The monoisotopic (exact) mass is 364 g/mol. The van der Waals surface area contributed by atoms with Crippen molar-refractivity contribution in [3.8, 4) is 0 Å². The molecule has 0 spiro atoms. The summed E-state index contributed by atoms with van der Waals surface area (Å²) >= 11 is 0. The van der Waals surface area contributed by atoms with Gasteiger partial charge in [-0.25, -0.2) is 4.98 Å². The fourth-order valence-corrected chi connectivity index (χ4v) is 3.70. The van der Waals surface area contributed by atoms with E-state index < -0.39 is 0 Å². The van der Waals surface area contributed by atoms with E-state index in [1.54, 1.807) is 9.13 Å². The number of carbonyl (C=O) groups excluding carboxylic acids is 1. The number of hydrogen-bond donors (Lipinski definition) is 1. The Morgan fingerprint density at radius 2 is 1.96 bits per heavy atom. The molecule has 0 saturated heterocycles. The summed E-state index contributed by atoms with van der Waals surface area (Å²) in [5.74, 6) is 0.748. The van der Waals surface area contributed by atoms with Crippen LogP contribution in [0.2, 0.25) is 0 Å². The van der Waals surface area contributed by atoms with E-state index in [9.17, 15) is 9.59 Å². The summed E-state index contributed by atoms with van der Waals surface area (Å²) in [4.78, 5) is 30.1. The van der Waals surface area contributed by atoms with Crippen molar-refractivity contribution in [2.75, 3.05) is 0 Å². The molecule has 1 aliphatic heterocycles. The number of nitrogens with one attached hydrogen (secondary N) is 1. The molecule has 4 rings (SSSR count). The van der Waals surface area contributed by atoms with Crippen LogP contribution in [0.15, 0.2) is 35.1 Å². The molecule has 0 bridgehead atoms. The van der Waals surface area contributed by atoms with Gasteiger partial charge in [-0.15, -0.1) is 0 Å². The molecule has 3 heterocycles. The highest BCUT2D eigenvalue weighted by atomic mass is 16.2. The van der Waals surface area contributed by atoms with Crippen molar-refractivity contribution < 1.29 is 4.79 Å². The molecule has 1 amide bonds. The Balaban J connectivity index is 1.58. The minimum Gasteiger partial charge on any atom is -0.350 e. The molecule has 2 aromatic heterocycles. The van der Waals surface area contributed by atoms with Crippen LogP contribution in [-0.2, 0) is 30.8 Å². The Hall–Kier alpha value is -2.89. The molecule has 1 N–H and O–H groups in total. The molecule has 0 aliphatic carbocycles. The zero-order chi connectivity index (χ0) is 19.0. The average molecular weight is 364 g/mol. The molecule has 0 radical (unpaired) electrons. The van der Waals surface area contributed by atoms with Gasteiger partial charge in [0.2, 0.25) is 5.91 Å². The molecule has 6 heteroatoms. The summed E-state index contributed by atoms with van der Waals surface area (Å²) in [5.41, 5.74) is 4.31. The van der Waals surface area contributed by atoms with Crippen LogP contribution in [0.5, 0.6) is 0 Å². The predicted molar refractivity (Wildman–Crippen MR) is 105 cm³/mol. The first kappa shape index (κ1) is 17.5. The largest absolute Gasteiger partial charge is 0.350 e. The van der Waals surface area contributed by atoms with Gasteiger partial charge < -0.3 is 9.88 Å². The number of aryl methyl sites for hydroxylation is 3. The van der Waals surface area contributed by atoms with Crippen molar-refractivity contribution in [2.24, 2.45) is 0 Å². The summed E-state index contributed by atoms with van der Waals surface area (Å²) in [7, 11) is 0. The lowest BCUT2D eigenvalue weighted by Crippen LogP contribution is -2.31. The van der Waals surface area contributed by atoms with Gasteiger partial charge in [0.15, 0.2) is 0 Å². The van der Waals surface area contributed by atoms with E-state index in [-0.39, 0.29) is 18.0 Å². The van der Waals surface area contributed by atoms with Crippen molar-refractivity contribution in [3.63, 3.8) is 0 Å². The van der Waals surface area contributed by atoms with Gasteiger partial charge in [-0.05, 0) is 38.3 Å². The fourth-order valence-electron chi connectivity index (χ4n) is 3.70. The van der Waals surface area contributed by atoms with Gasteiger partial charge in [0, 0.05) is 25.2 Å². The molecule has 0 fully saturated rings. The number of amides is 1. The summed E-state index contributed by atoms with van der Waals surface area (Å²) < 4.78 is 3.56. The van der Waals surface area contributed by atoms with E-state index in [0.29, 0.717) is 24.1 Å². The van der Waals surface area contributed by atoms with Gasteiger partial charge in [-0.1, -0.05) is 29.8 Å². The molecular weight excluding hydrogens is 340 g/mol. The second-order valence-corrected chi connectivity index (χ2v) is 7.31. The zero-order valence-electron chi connectivity index (χ0n) is 15.8. The lowest BCUT2D eigenvalue weighted by Gasteiger charge is -2.17. The zero-order valence-corrected chi connectivity index (χ0v) is 15.8. The molecule has 3 aromatic rings. The molecule has 140 valence electrons. The van der Waals surface area contributed by atoms with Gasteiger partial charge in [0.05, 0.1) is 5.52 Å². The molecule has 0 atom stereocenters. The number of nitrogens with zero attached hydrogens (tertiary/aromatic N) is 3. The normalized spacial score (nSPS) is 13.6. The fraction of sp³-hybridized carbons (Fsp3) is 0.381. The Kier molecular flexibility index (Phi) is 4.56. The van der Waals surface area contributed by atoms with E-state index in [1.807, 2.05) is 44.2 Å². The third kappa shape index (κ3) is 3.39. The van der Waals surface area contributed by atoms with Gasteiger partial charge in [-0.2, -0.15) is 0 Å². The van der Waals surface area contributed by atoms with Crippen LogP contribution < -0.4 is 10.9 Å². The van der Waals surface area contributed by atoms with Gasteiger partial charge >= 0.3 is 0 Å². The molecule has 27 heavy (non-hydrogen) atoms. The third-order valence-electron chi connectivity index (χ3n) is 5.24. The SMILES string of the molecule is Cc1ccc(CNC(=O)Cn2c(C)cc3nc4n(c(=O)c32)CCCC4)cc1. The quantitative estimate of drug-likeness (QED) is 0.773. The lowest BCUT2D eigenvalue weighted by molar-refractivity contribution is -0.121. The average Bonchev–Trinajstić information content (AvgIpc) is 2.97. The van der Waals surface area contributed by atoms with E-state index >= 15 is 0 Å². The summed E-state index contributed by atoms with van der Waals surface area (Å²) in [6, 6.07) is 9.98. The Morgan fingerprint density at radius 1 is 1.19 bits per heavy atom. The van der Waals surface area contributed by atoms with E-state index in [1.165, 1.54) is 5.56 Å². The van der Waals surface area contributed by atoms with Crippen molar-refractivity contribution in [2.45, 2.75) is 52.7 Å². The minimum absolute atomic E-state index is 0.0332. The summed E-state index contributed by atoms with van der Waals surface area (Å²) in [6.45, 7) is 5.26. The molecule has 0 unspecified atom stereocenters. The van der Waals surface area contributed by atoms with Crippen molar-refractivity contribution in [1.29, 1.82) is 0 Å². The third-order valence-corrected chi connectivity index (χ3v) is 5.24. The number of fused-ring (bicyclic) bond motifs is 2. The standard InChI is InChI=1S/C21H24N4O2/c1-14-6-8-16(9-7-14)12-22-19(26)13-25-15(2)11-17-20(25)21(27)24-10-4-3-5-18(24)23-17/h6-9,11H,3-5,10,12-13H2,1-2H3,(H,22,26). The maximum Gasteiger partial charge on any atom is 0.278 e. The van der Waals surface area contributed by atoms with Gasteiger partial charge in [0.25, 0.3) is 5.56 Å². The predicted octanol–water partition coefficient (Wildman–Crippen LogP) is 2.47. The van der Waals surface area contributed by atoms with Gasteiger partial charge in [0.1, 0.15) is 17.9 Å². The maximum atomic E-state index is 13.0. The van der Waals surface area contributed by atoms with Crippen LogP contribution >= 0.6 is 0 Å². The highest BCUT2D eigenvalue weighted by Crippen LogP contribution is 2.18. The molecule has 0 saturated carbocycles. The van der Waals surface area contributed by atoms with Crippen LogP contribution in [0.1, 0.15) is 35.5 Å². The second-order valence-electron chi connectivity index (χ2n) is 7.31. The second kappa shape index (κ2) is 7.02. The Labute approximate surface area is 157 Å². The highest BCUT2D eigenvalue weighted by Gasteiger charge is 2.19. The van der Waals surface area contributed by atoms with Crippen LogP contribution in [0.25, 0.3) is 11.0 Å². The van der Waals surface area contributed by atoms with E-state index in [4.69, 9.17) is 0 Å². The highest BCUT2D eigenvalue weighted by molar-refractivity contribution is 5.81. The number of rotatable bonds is 4.